The first-order valence-corrected chi connectivity index (χ1v) is 7.29. The zero-order valence-corrected chi connectivity index (χ0v) is 11.8. The van der Waals surface area contributed by atoms with E-state index in [1.165, 1.54) is 0 Å². The fraction of sp³-hybridized carbons (Fsp3) is 0.375. The average Bonchev–Trinajstić information content (AvgIpc) is 3.06. The average molecular weight is 285 g/mol. The number of aromatic nitrogens is 1. The molecule has 0 aliphatic carbocycles. The van der Waals surface area contributed by atoms with Gasteiger partial charge in [0, 0.05) is 30.1 Å². The van der Waals surface area contributed by atoms with Crippen LogP contribution >= 0.6 is 0 Å². The first-order chi connectivity index (χ1) is 10.3. The Balaban J connectivity index is 2.04. The largest absolute Gasteiger partial charge is 0.395 e. The van der Waals surface area contributed by atoms with Crippen LogP contribution in [0.5, 0.6) is 0 Å². The Kier molecular flexibility index (Phi) is 4.13. The summed E-state index contributed by atoms with van der Waals surface area (Å²) < 4.78 is 0. The first kappa shape index (κ1) is 14.0. The third-order valence-corrected chi connectivity index (χ3v) is 3.86. The van der Waals surface area contributed by atoms with Crippen LogP contribution in [0.25, 0.3) is 10.9 Å². The number of hydrogen-bond donors (Lipinski definition) is 3. The zero-order valence-electron chi connectivity index (χ0n) is 11.8. The van der Waals surface area contributed by atoms with Crippen LogP contribution in [0.1, 0.15) is 28.4 Å². The molecule has 2 aromatic rings. The molecule has 3 rings (SSSR count). The maximum absolute atomic E-state index is 12.3. The maximum Gasteiger partial charge on any atom is 0.252 e. The smallest absolute Gasteiger partial charge is 0.252 e. The number of para-hydroxylation sites is 1. The summed E-state index contributed by atoms with van der Waals surface area (Å²) in [7, 11) is 0. The molecular formula is C16H19N3O2. The van der Waals surface area contributed by atoms with Crippen molar-refractivity contribution >= 4 is 16.8 Å². The molecule has 0 spiro atoms. The van der Waals surface area contributed by atoms with Crippen molar-refractivity contribution in [3.63, 3.8) is 0 Å². The van der Waals surface area contributed by atoms with Gasteiger partial charge in [-0.2, -0.15) is 0 Å². The van der Waals surface area contributed by atoms with Crippen LogP contribution in [-0.2, 0) is 0 Å². The van der Waals surface area contributed by atoms with E-state index in [4.69, 9.17) is 10.1 Å². The van der Waals surface area contributed by atoms with E-state index in [2.05, 4.69) is 10.6 Å². The molecule has 0 unspecified atom stereocenters. The van der Waals surface area contributed by atoms with Crippen LogP contribution in [0.2, 0.25) is 0 Å². The van der Waals surface area contributed by atoms with E-state index < -0.39 is 0 Å². The highest BCUT2D eigenvalue weighted by Crippen LogP contribution is 2.26. The van der Waals surface area contributed by atoms with Gasteiger partial charge in [0.15, 0.2) is 0 Å². The summed E-state index contributed by atoms with van der Waals surface area (Å²) in [6.45, 7) is 2.10. The molecule has 3 N–H and O–H groups in total. The second kappa shape index (κ2) is 6.20. The number of hydrogen-bond acceptors (Lipinski definition) is 4. The number of carbonyl (C=O) groups excluding carboxylic acids is 1. The van der Waals surface area contributed by atoms with Crippen molar-refractivity contribution in [2.24, 2.45) is 0 Å². The van der Waals surface area contributed by atoms with Crippen molar-refractivity contribution in [2.45, 2.75) is 12.3 Å². The second-order valence-corrected chi connectivity index (χ2v) is 5.28. The Morgan fingerprint density at radius 1 is 1.43 bits per heavy atom. The lowest BCUT2D eigenvalue weighted by atomic mass is 9.99. The topological polar surface area (TPSA) is 74.2 Å². The summed E-state index contributed by atoms with van der Waals surface area (Å²) in [5.74, 6) is 0.203. The number of rotatable bonds is 4. The van der Waals surface area contributed by atoms with Gasteiger partial charge in [-0.15, -0.1) is 0 Å². The molecule has 1 saturated heterocycles. The minimum absolute atomic E-state index is 0.0614. The number of aliphatic hydroxyl groups excluding tert-OH is 1. The van der Waals surface area contributed by atoms with Crippen molar-refractivity contribution in [3.8, 4) is 0 Å². The predicted molar refractivity (Wildman–Crippen MR) is 81.4 cm³/mol. The first-order valence-electron chi connectivity index (χ1n) is 7.29. The number of pyridine rings is 1. The van der Waals surface area contributed by atoms with Gasteiger partial charge in [0.2, 0.25) is 0 Å². The van der Waals surface area contributed by atoms with Crippen LogP contribution in [0.15, 0.2) is 30.3 Å². The highest BCUT2D eigenvalue weighted by atomic mass is 16.3. The van der Waals surface area contributed by atoms with Crippen molar-refractivity contribution in [1.82, 2.24) is 15.6 Å². The Morgan fingerprint density at radius 2 is 2.29 bits per heavy atom. The van der Waals surface area contributed by atoms with Gasteiger partial charge in [-0.05, 0) is 25.1 Å². The van der Waals surface area contributed by atoms with Gasteiger partial charge in [-0.3, -0.25) is 9.78 Å². The summed E-state index contributed by atoms with van der Waals surface area (Å²) in [5, 5.41) is 15.8. The molecule has 1 atom stereocenters. The van der Waals surface area contributed by atoms with Crippen LogP contribution in [0.3, 0.4) is 0 Å². The molecule has 5 heteroatoms. The van der Waals surface area contributed by atoms with Crippen molar-refractivity contribution in [2.75, 3.05) is 26.2 Å². The molecule has 0 bridgehead atoms. The molecule has 5 nitrogen and oxygen atoms in total. The Bertz CT molecular complexity index is 651. The number of nitrogens with one attached hydrogen (secondary N) is 2. The minimum Gasteiger partial charge on any atom is -0.395 e. The van der Waals surface area contributed by atoms with Gasteiger partial charge in [-0.25, -0.2) is 0 Å². The third-order valence-electron chi connectivity index (χ3n) is 3.86. The van der Waals surface area contributed by atoms with Crippen molar-refractivity contribution in [1.29, 1.82) is 0 Å². The molecule has 1 aromatic carbocycles. The Morgan fingerprint density at radius 3 is 3.05 bits per heavy atom. The van der Waals surface area contributed by atoms with Gasteiger partial charge in [0.1, 0.15) is 0 Å². The number of benzene rings is 1. The van der Waals surface area contributed by atoms with Gasteiger partial charge in [0.05, 0.1) is 17.7 Å². The van der Waals surface area contributed by atoms with Gasteiger partial charge >= 0.3 is 0 Å². The molecule has 1 aliphatic heterocycles. The second-order valence-electron chi connectivity index (χ2n) is 5.28. The monoisotopic (exact) mass is 285 g/mol. The standard InChI is InChI=1S/C16H19N3O2/c20-8-7-18-16(21)13-9-15(11-5-6-17-10-11)19-14-4-2-1-3-12(13)14/h1-4,9,11,17,20H,5-8,10H2,(H,18,21)/t11-/m1/s1. The summed E-state index contributed by atoms with van der Waals surface area (Å²) in [6.07, 6.45) is 1.04. The molecule has 1 aliphatic rings. The number of nitrogens with zero attached hydrogens (tertiary/aromatic N) is 1. The van der Waals surface area contributed by atoms with E-state index in [1.807, 2.05) is 30.3 Å². The molecule has 2 heterocycles. The fourth-order valence-corrected chi connectivity index (χ4v) is 2.76. The van der Waals surface area contributed by atoms with E-state index in [0.717, 1.165) is 36.1 Å². The summed E-state index contributed by atoms with van der Waals surface area (Å²) in [4.78, 5) is 17.0. The molecular weight excluding hydrogens is 266 g/mol. The lowest BCUT2D eigenvalue weighted by Crippen LogP contribution is -2.27. The molecule has 0 radical (unpaired) electrons. The van der Waals surface area contributed by atoms with Crippen molar-refractivity contribution < 1.29 is 9.90 Å². The molecule has 1 aromatic heterocycles. The van der Waals surface area contributed by atoms with E-state index in [-0.39, 0.29) is 19.1 Å². The number of aliphatic hydroxyl groups is 1. The van der Waals surface area contributed by atoms with Gasteiger partial charge in [0.25, 0.3) is 5.91 Å². The van der Waals surface area contributed by atoms with Crippen molar-refractivity contribution in [3.05, 3.63) is 41.6 Å². The van der Waals surface area contributed by atoms with E-state index in [9.17, 15) is 4.79 Å². The fourth-order valence-electron chi connectivity index (χ4n) is 2.76. The summed E-state index contributed by atoms with van der Waals surface area (Å²) in [5.41, 5.74) is 2.44. The summed E-state index contributed by atoms with van der Waals surface area (Å²) in [6, 6.07) is 9.58. The maximum atomic E-state index is 12.3. The highest BCUT2D eigenvalue weighted by molar-refractivity contribution is 6.06. The number of fused-ring (bicyclic) bond motifs is 1. The zero-order chi connectivity index (χ0) is 14.7. The lowest BCUT2D eigenvalue weighted by Gasteiger charge is -2.13. The predicted octanol–water partition coefficient (Wildman–Crippen LogP) is 1.03. The molecule has 1 fully saturated rings. The van der Waals surface area contributed by atoms with E-state index in [1.54, 1.807) is 0 Å². The normalized spacial score (nSPS) is 18.0. The molecule has 1 amide bonds. The lowest BCUT2D eigenvalue weighted by molar-refractivity contribution is 0.0946. The SMILES string of the molecule is O=C(NCCO)c1cc([C@@H]2CCNC2)nc2ccccc12. The van der Waals surface area contributed by atoms with Crippen LogP contribution < -0.4 is 10.6 Å². The number of amides is 1. The quantitative estimate of drug-likeness (QED) is 0.784. The van der Waals surface area contributed by atoms with E-state index >= 15 is 0 Å². The molecule has 110 valence electrons. The van der Waals surface area contributed by atoms with Gasteiger partial charge in [-0.1, -0.05) is 18.2 Å². The molecule has 0 saturated carbocycles. The highest BCUT2D eigenvalue weighted by Gasteiger charge is 2.21. The van der Waals surface area contributed by atoms with Crippen LogP contribution in [0, 0.1) is 0 Å². The number of carbonyl (C=O) groups is 1. The Hall–Kier alpha value is -1.98. The van der Waals surface area contributed by atoms with Crippen LogP contribution in [0.4, 0.5) is 0 Å². The third kappa shape index (κ3) is 2.89. The molecule has 21 heavy (non-hydrogen) atoms. The van der Waals surface area contributed by atoms with E-state index in [0.29, 0.717) is 11.5 Å². The Labute approximate surface area is 123 Å². The summed E-state index contributed by atoms with van der Waals surface area (Å²) >= 11 is 0. The van der Waals surface area contributed by atoms with Gasteiger partial charge < -0.3 is 15.7 Å². The minimum atomic E-state index is -0.158. The van der Waals surface area contributed by atoms with Crippen LogP contribution in [-0.4, -0.2) is 42.2 Å².